The van der Waals surface area contributed by atoms with Gasteiger partial charge in [0.15, 0.2) is 0 Å². The minimum absolute atomic E-state index is 1.07. The van der Waals surface area contributed by atoms with Crippen LogP contribution in [-0.2, 0) is 6.42 Å². The number of nitrogens with zero attached hydrogens (tertiary/aromatic N) is 1. The summed E-state index contributed by atoms with van der Waals surface area (Å²) in [5.41, 5.74) is 1.43. The molecule has 0 fully saturated rings. The van der Waals surface area contributed by atoms with Crippen LogP contribution in [0.2, 0.25) is 0 Å². The molecule has 0 amide bonds. The second-order valence-corrected chi connectivity index (χ2v) is 4.02. The Kier molecular flexibility index (Phi) is 6.86. The van der Waals surface area contributed by atoms with Crippen molar-refractivity contribution in [2.75, 3.05) is 32.7 Å². The highest BCUT2D eigenvalue weighted by Gasteiger charge is 2.01. The molecule has 0 aromatic heterocycles. The number of hydrogen-bond acceptors (Lipinski definition) is 2. The van der Waals surface area contributed by atoms with Gasteiger partial charge in [0.25, 0.3) is 0 Å². The Morgan fingerprint density at radius 3 is 2.44 bits per heavy atom. The van der Waals surface area contributed by atoms with Crippen LogP contribution in [0.4, 0.5) is 0 Å². The van der Waals surface area contributed by atoms with Gasteiger partial charge in [0, 0.05) is 19.6 Å². The Bertz CT molecular complexity index is 259. The van der Waals surface area contributed by atoms with E-state index in [9.17, 15) is 0 Å². The predicted molar refractivity (Wildman–Crippen MR) is 70.8 cm³/mol. The first-order valence-corrected chi connectivity index (χ1v) is 6.33. The topological polar surface area (TPSA) is 15.3 Å². The summed E-state index contributed by atoms with van der Waals surface area (Å²) in [4.78, 5) is 2.50. The average molecular weight is 220 g/mol. The van der Waals surface area contributed by atoms with Crippen LogP contribution in [0, 0.1) is 0 Å². The van der Waals surface area contributed by atoms with Gasteiger partial charge in [0.05, 0.1) is 0 Å². The molecule has 0 saturated heterocycles. The number of hydrogen-bond donors (Lipinski definition) is 1. The van der Waals surface area contributed by atoms with Gasteiger partial charge in [0.1, 0.15) is 0 Å². The van der Waals surface area contributed by atoms with Crippen LogP contribution in [0.5, 0.6) is 0 Å². The summed E-state index contributed by atoms with van der Waals surface area (Å²) >= 11 is 0. The van der Waals surface area contributed by atoms with Crippen molar-refractivity contribution < 1.29 is 0 Å². The molecule has 0 atom stereocenters. The van der Waals surface area contributed by atoms with E-state index >= 15 is 0 Å². The SMILES string of the molecule is CCNCCN(CC)CCc1ccccc1. The van der Waals surface area contributed by atoms with Gasteiger partial charge < -0.3 is 10.2 Å². The van der Waals surface area contributed by atoms with E-state index in [1.807, 2.05) is 0 Å². The van der Waals surface area contributed by atoms with Gasteiger partial charge in [0.2, 0.25) is 0 Å². The maximum atomic E-state index is 3.37. The normalized spacial score (nSPS) is 10.9. The first-order valence-electron chi connectivity index (χ1n) is 6.33. The Balaban J connectivity index is 2.23. The fraction of sp³-hybridized carbons (Fsp3) is 0.571. The molecule has 2 heteroatoms. The molecule has 0 aliphatic carbocycles. The fourth-order valence-electron chi connectivity index (χ4n) is 1.77. The maximum absolute atomic E-state index is 3.37. The van der Waals surface area contributed by atoms with Crippen molar-refractivity contribution in [3.05, 3.63) is 35.9 Å². The minimum Gasteiger partial charge on any atom is -0.316 e. The van der Waals surface area contributed by atoms with Crippen molar-refractivity contribution in [2.45, 2.75) is 20.3 Å². The van der Waals surface area contributed by atoms with Crippen molar-refractivity contribution >= 4 is 0 Å². The van der Waals surface area contributed by atoms with Gasteiger partial charge in [-0.1, -0.05) is 44.2 Å². The molecule has 2 nitrogen and oxygen atoms in total. The van der Waals surface area contributed by atoms with E-state index in [4.69, 9.17) is 0 Å². The molecule has 0 spiro atoms. The van der Waals surface area contributed by atoms with Crippen LogP contribution in [-0.4, -0.2) is 37.6 Å². The third-order valence-electron chi connectivity index (χ3n) is 2.86. The molecule has 16 heavy (non-hydrogen) atoms. The molecule has 1 aromatic carbocycles. The molecule has 90 valence electrons. The zero-order chi connectivity index (χ0) is 11.6. The van der Waals surface area contributed by atoms with E-state index in [0.717, 1.165) is 39.1 Å². The lowest BCUT2D eigenvalue weighted by molar-refractivity contribution is 0.291. The van der Waals surface area contributed by atoms with Crippen molar-refractivity contribution in [3.8, 4) is 0 Å². The molecule has 0 saturated carbocycles. The minimum atomic E-state index is 1.07. The van der Waals surface area contributed by atoms with E-state index in [1.165, 1.54) is 5.56 Å². The van der Waals surface area contributed by atoms with Crippen LogP contribution in [0.3, 0.4) is 0 Å². The Morgan fingerprint density at radius 2 is 1.81 bits per heavy atom. The quantitative estimate of drug-likeness (QED) is 0.675. The molecule has 0 heterocycles. The lowest BCUT2D eigenvalue weighted by Gasteiger charge is -2.20. The van der Waals surface area contributed by atoms with Crippen LogP contribution in [0.25, 0.3) is 0 Å². The monoisotopic (exact) mass is 220 g/mol. The smallest absolute Gasteiger partial charge is 0.0107 e. The molecular weight excluding hydrogens is 196 g/mol. The zero-order valence-corrected chi connectivity index (χ0v) is 10.6. The summed E-state index contributed by atoms with van der Waals surface area (Å²) in [6.45, 7) is 9.99. The summed E-state index contributed by atoms with van der Waals surface area (Å²) in [7, 11) is 0. The van der Waals surface area contributed by atoms with Crippen molar-refractivity contribution in [1.29, 1.82) is 0 Å². The largest absolute Gasteiger partial charge is 0.316 e. The van der Waals surface area contributed by atoms with E-state index in [0.29, 0.717) is 0 Å². The van der Waals surface area contributed by atoms with Crippen molar-refractivity contribution in [1.82, 2.24) is 10.2 Å². The van der Waals surface area contributed by atoms with Gasteiger partial charge in [-0.05, 0) is 25.1 Å². The second kappa shape index (κ2) is 8.31. The number of rotatable bonds is 8. The molecule has 0 aliphatic heterocycles. The highest BCUT2D eigenvalue weighted by atomic mass is 15.1. The lowest BCUT2D eigenvalue weighted by atomic mass is 10.1. The van der Waals surface area contributed by atoms with Crippen LogP contribution < -0.4 is 5.32 Å². The van der Waals surface area contributed by atoms with E-state index in [2.05, 4.69) is 54.4 Å². The number of nitrogens with one attached hydrogen (secondary N) is 1. The van der Waals surface area contributed by atoms with Gasteiger partial charge >= 0.3 is 0 Å². The Hall–Kier alpha value is -0.860. The molecule has 1 rings (SSSR count). The number of likely N-dealkylation sites (N-methyl/N-ethyl adjacent to an activating group) is 2. The molecule has 1 aromatic rings. The summed E-state index contributed by atoms with van der Waals surface area (Å²) in [5, 5.41) is 3.37. The summed E-state index contributed by atoms with van der Waals surface area (Å²) < 4.78 is 0. The average Bonchev–Trinajstić information content (AvgIpc) is 2.35. The van der Waals surface area contributed by atoms with Crippen molar-refractivity contribution in [3.63, 3.8) is 0 Å². The highest BCUT2D eigenvalue weighted by Crippen LogP contribution is 2.01. The molecule has 0 bridgehead atoms. The highest BCUT2D eigenvalue weighted by molar-refractivity contribution is 5.14. The predicted octanol–water partition coefficient (Wildman–Crippen LogP) is 2.16. The van der Waals surface area contributed by atoms with Crippen LogP contribution >= 0.6 is 0 Å². The van der Waals surface area contributed by atoms with Crippen LogP contribution in [0.15, 0.2) is 30.3 Å². The molecule has 0 unspecified atom stereocenters. The maximum Gasteiger partial charge on any atom is 0.0107 e. The standard InChI is InChI=1S/C14H24N2/c1-3-15-11-13-16(4-2)12-10-14-8-6-5-7-9-14/h5-9,15H,3-4,10-13H2,1-2H3. The van der Waals surface area contributed by atoms with E-state index in [-0.39, 0.29) is 0 Å². The van der Waals surface area contributed by atoms with Gasteiger partial charge in [-0.3, -0.25) is 0 Å². The van der Waals surface area contributed by atoms with E-state index in [1.54, 1.807) is 0 Å². The molecular formula is C14H24N2. The number of benzene rings is 1. The van der Waals surface area contributed by atoms with Gasteiger partial charge in [-0.15, -0.1) is 0 Å². The second-order valence-electron chi connectivity index (χ2n) is 4.02. The summed E-state index contributed by atoms with van der Waals surface area (Å²) in [6, 6.07) is 10.7. The van der Waals surface area contributed by atoms with Crippen molar-refractivity contribution in [2.24, 2.45) is 0 Å². The molecule has 0 radical (unpaired) electrons. The Morgan fingerprint density at radius 1 is 1.06 bits per heavy atom. The first kappa shape index (κ1) is 13.2. The third kappa shape index (κ3) is 5.29. The summed E-state index contributed by atoms with van der Waals surface area (Å²) in [6.07, 6.45) is 1.15. The van der Waals surface area contributed by atoms with Crippen LogP contribution in [0.1, 0.15) is 19.4 Å². The third-order valence-corrected chi connectivity index (χ3v) is 2.86. The van der Waals surface area contributed by atoms with E-state index < -0.39 is 0 Å². The molecule has 0 aliphatic rings. The first-order chi connectivity index (χ1) is 7.86. The van der Waals surface area contributed by atoms with Gasteiger partial charge in [-0.2, -0.15) is 0 Å². The zero-order valence-electron chi connectivity index (χ0n) is 10.6. The molecule has 1 N–H and O–H groups in total. The Labute approximate surface area is 99.7 Å². The lowest BCUT2D eigenvalue weighted by Crippen LogP contribution is -2.33. The van der Waals surface area contributed by atoms with Gasteiger partial charge in [-0.25, -0.2) is 0 Å². The summed E-state index contributed by atoms with van der Waals surface area (Å²) in [5.74, 6) is 0. The fourth-order valence-corrected chi connectivity index (χ4v) is 1.77.